The fraction of sp³-hybridized carbons (Fsp3) is 0.214. The van der Waals surface area contributed by atoms with E-state index in [1.54, 1.807) is 18.9 Å². The minimum Gasteiger partial charge on any atom is -0.496 e. The van der Waals surface area contributed by atoms with E-state index in [0.29, 0.717) is 5.75 Å². The van der Waals surface area contributed by atoms with Crippen LogP contribution in [0.1, 0.15) is 10.4 Å². The van der Waals surface area contributed by atoms with Crippen molar-refractivity contribution >= 4 is 17.5 Å². The van der Waals surface area contributed by atoms with Gasteiger partial charge in [0.15, 0.2) is 5.78 Å². The maximum Gasteiger partial charge on any atom is 0.176 e. The Morgan fingerprint density at radius 2 is 2.06 bits per heavy atom. The van der Waals surface area contributed by atoms with Gasteiger partial charge in [-0.2, -0.15) is 0 Å². The molecule has 0 spiro atoms. The van der Waals surface area contributed by atoms with Crippen LogP contribution in [0, 0.1) is 5.92 Å². The molecule has 0 saturated heterocycles. The van der Waals surface area contributed by atoms with Crippen LogP contribution >= 0.6 is 11.8 Å². The zero-order valence-corrected chi connectivity index (χ0v) is 10.2. The van der Waals surface area contributed by atoms with Crippen LogP contribution in [0.25, 0.3) is 0 Å². The first-order valence-corrected chi connectivity index (χ1v) is 6.42. The summed E-state index contributed by atoms with van der Waals surface area (Å²) < 4.78 is 5.29. The lowest BCUT2D eigenvalue weighted by atomic mass is 9.90. The van der Waals surface area contributed by atoms with Crippen molar-refractivity contribution in [2.45, 2.75) is 10.1 Å². The van der Waals surface area contributed by atoms with Crippen molar-refractivity contribution in [3.05, 3.63) is 48.1 Å². The van der Waals surface area contributed by atoms with E-state index < -0.39 is 0 Å². The number of hydrogen-bond acceptors (Lipinski definition) is 3. The Balaban J connectivity index is 2.13. The average molecular weight is 244 g/mol. The Morgan fingerprint density at radius 3 is 2.88 bits per heavy atom. The fourth-order valence-electron chi connectivity index (χ4n) is 2.27. The number of allylic oxidation sites excluding steroid dienone is 3. The van der Waals surface area contributed by atoms with Crippen molar-refractivity contribution in [3.63, 3.8) is 0 Å². The molecule has 2 atom stereocenters. The van der Waals surface area contributed by atoms with Crippen LogP contribution in [0.4, 0.5) is 0 Å². The van der Waals surface area contributed by atoms with Crippen molar-refractivity contribution in [2.75, 3.05) is 7.11 Å². The van der Waals surface area contributed by atoms with E-state index in [2.05, 4.69) is 6.08 Å². The second-order valence-corrected chi connectivity index (χ2v) is 5.30. The summed E-state index contributed by atoms with van der Waals surface area (Å²) >= 11 is 1.74. The number of hydrogen-bond donors (Lipinski definition) is 0. The molecule has 1 aromatic rings. The van der Waals surface area contributed by atoms with Crippen molar-refractivity contribution in [3.8, 4) is 5.75 Å². The summed E-state index contributed by atoms with van der Waals surface area (Å²) in [6.07, 6.45) is 8.03. The quantitative estimate of drug-likeness (QED) is 0.759. The van der Waals surface area contributed by atoms with Gasteiger partial charge in [0, 0.05) is 10.1 Å². The van der Waals surface area contributed by atoms with E-state index >= 15 is 0 Å². The Hall–Kier alpha value is -1.48. The molecular weight excluding hydrogens is 232 g/mol. The SMILES string of the molecule is COc1cccc2c1C(=O)[C@H]1C=CC=C[C@@H]1S2. The summed E-state index contributed by atoms with van der Waals surface area (Å²) in [5.74, 6) is 0.803. The molecular formula is C14H12O2S. The monoisotopic (exact) mass is 244 g/mol. The first-order chi connectivity index (χ1) is 8.31. The molecule has 1 heterocycles. The second-order valence-electron chi connectivity index (χ2n) is 4.08. The third-order valence-electron chi connectivity index (χ3n) is 3.10. The smallest absolute Gasteiger partial charge is 0.176 e. The Labute approximate surface area is 104 Å². The van der Waals surface area contributed by atoms with Crippen molar-refractivity contribution < 1.29 is 9.53 Å². The van der Waals surface area contributed by atoms with Gasteiger partial charge in [0.05, 0.1) is 18.6 Å². The molecule has 2 aliphatic rings. The first kappa shape index (κ1) is 10.7. The molecule has 0 bridgehead atoms. The van der Waals surface area contributed by atoms with Crippen LogP contribution < -0.4 is 4.74 Å². The summed E-state index contributed by atoms with van der Waals surface area (Å²) in [6.45, 7) is 0. The van der Waals surface area contributed by atoms with Gasteiger partial charge in [0.25, 0.3) is 0 Å². The maximum absolute atomic E-state index is 12.5. The number of rotatable bonds is 1. The number of methoxy groups -OCH3 is 1. The normalized spacial score (nSPS) is 25.4. The van der Waals surface area contributed by atoms with Gasteiger partial charge in [0.2, 0.25) is 0 Å². The third kappa shape index (κ3) is 1.62. The highest BCUT2D eigenvalue weighted by Crippen LogP contribution is 2.44. The van der Waals surface area contributed by atoms with Crippen molar-refractivity contribution in [1.29, 1.82) is 0 Å². The summed E-state index contributed by atoms with van der Waals surface area (Å²) in [5, 5.41) is 0.229. The van der Waals surface area contributed by atoms with Crippen LogP contribution in [0.15, 0.2) is 47.4 Å². The highest BCUT2D eigenvalue weighted by molar-refractivity contribution is 8.00. The molecule has 1 aliphatic heterocycles. The second kappa shape index (κ2) is 4.08. The lowest BCUT2D eigenvalue weighted by Crippen LogP contribution is -2.29. The zero-order chi connectivity index (χ0) is 11.8. The average Bonchev–Trinajstić information content (AvgIpc) is 2.38. The number of benzene rings is 1. The van der Waals surface area contributed by atoms with Crippen LogP contribution in [-0.4, -0.2) is 18.1 Å². The van der Waals surface area contributed by atoms with Crippen LogP contribution in [0.5, 0.6) is 5.75 Å². The lowest BCUT2D eigenvalue weighted by Gasteiger charge is -2.29. The largest absolute Gasteiger partial charge is 0.496 e. The van der Waals surface area contributed by atoms with Crippen LogP contribution in [0.2, 0.25) is 0 Å². The molecule has 0 radical (unpaired) electrons. The van der Waals surface area contributed by atoms with E-state index in [0.717, 1.165) is 10.5 Å². The molecule has 1 aromatic carbocycles. The fourth-order valence-corrected chi connectivity index (χ4v) is 3.57. The highest BCUT2D eigenvalue weighted by atomic mass is 32.2. The number of thioether (sulfide) groups is 1. The predicted octanol–water partition coefficient (Wildman–Crippen LogP) is 3.09. The molecule has 86 valence electrons. The summed E-state index contributed by atoms with van der Waals surface area (Å²) in [4.78, 5) is 13.5. The molecule has 0 aromatic heterocycles. The van der Waals surface area contributed by atoms with Gasteiger partial charge in [-0.25, -0.2) is 0 Å². The Bertz CT molecular complexity index is 531. The standard InChI is InChI=1S/C14H12O2S/c1-16-10-6-4-8-12-13(10)14(15)9-5-2-3-7-11(9)17-12/h2-9,11H,1H3/t9-,11-/m0/s1. The summed E-state index contributed by atoms with van der Waals surface area (Å²) in [7, 11) is 1.61. The van der Waals surface area contributed by atoms with Crippen LogP contribution in [-0.2, 0) is 0 Å². The number of Topliss-reactive ketones (excluding diaryl/α,β-unsaturated/α-hetero) is 1. The predicted molar refractivity (Wildman–Crippen MR) is 68.7 cm³/mol. The van der Waals surface area contributed by atoms with Crippen LogP contribution in [0.3, 0.4) is 0 Å². The molecule has 0 unspecified atom stereocenters. The highest BCUT2D eigenvalue weighted by Gasteiger charge is 2.35. The molecule has 0 saturated carbocycles. The maximum atomic E-state index is 12.5. The third-order valence-corrected chi connectivity index (χ3v) is 4.42. The minimum atomic E-state index is -0.0474. The number of carbonyl (C=O) groups excluding carboxylic acids is 1. The lowest BCUT2D eigenvalue weighted by molar-refractivity contribution is 0.0938. The van der Waals surface area contributed by atoms with Crippen molar-refractivity contribution in [1.82, 2.24) is 0 Å². The Morgan fingerprint density at radius 1 is 1.24 bits per heavy atom. The Kier molecular flexibility index (Phi) is 2.56. The molecule has 17 heavy (non-hydrogen) atoms. The zero-order valence-electron chi connectivity index (χ0n) is 9.42. The first-order valence-electron chi connectivity index (χ1n) is 5.54. The topological polar surface area (TPSA) is 26.3 Å². The molecule has 3 heteroatoms. The minimum absolute atomic E-state index is 0.0474. The number of ketones is 1. The molecule has 0 amide bonds. The van der Waals surface area contributed by atoms with Crippen molar-refractivity contribution in [2.24, 2.45) is 5.92 Å². The van der Waals surface area contributed by atoms with Gasteiger partial charge in [-0.05, 0) is 12.1 Å². The van der Waals surface area contributed by atoms with E-state index in [9.17, 15) is 4.79 Å². The van der Waals surface area contributed by atoms with E-state index in [1.165, 1.54) is 0 Å². The van der Waals surface area contributed by atoms with E-state index in [-0.39, 0.29) is 17.0 Å². The van der Waals surface area contributed by atoms with E-state index in [4.69, 9.17) is 4.74 Å². The molecule has 1 aliphatic carbocycles. The number of fused-ring (bicyclic) bond motifs is 2. The number of carbonyl (C=O) groups is 1. The van der Waals surface area contributed by atoms with Gasteiger partial charge in [-0.3, -0.25) is 4.79 Å². The summed E-state index contributed by atoms with van der Waals surface area (Å²) in [5.41, 5.74) is 0.737. The molecule has 0 fully saturated rings. The molecule has 3 rings (SSSR count). The molecule has 2 nitrogen and oxygen atoms in total. The van der Waals surface area contributed by atoms with Gasteiger partial charge >= 0.3 is 0 Å². The van der Waals surface area contributed by atoms with E-state index in [1.807, 2.05) is 36.4 Å². The van der Waals surface area contributed by atoms with Gasteiger partial charge in [-0.1, -0.05) is 30.4 Å². The summed E-state index contributed by atoms with van der Waals surface area (Å²) in [6, 6.07) is 5.77. The molecule has 0 N–H and O–H groups in total. The number of ether oxygens (including phenoxy) is 1. The van der Waals surface area contributed by atoms with Gasteiger partial charge in [0.1, 0.15) is 5.75 Å². The van der Waals surface area contributed by atoms with Gasteiger partial charge in [-0.15, -0.1) is 11.8 Å². The van der Waals surface area contributed by atoms with Gasteiger partial charge < -0.3 is 4.74 Å².